The van der Waals surface area contributed by atoms with E-state index in [1.54, 1.807) is 37.5 Å². The molecule has 1 amide bonds. The van der Waals surface area contributed by atoms with Crippen LogP contribution in [0, 0.1) is 0 Å². The zero-order chi connectivity index (χ0) is 23.4. The van der Waals surface area contributed by atoms with Crippen LogP contribution in [0.15, 0.2) is 75.0 Å². The first kappa shape index (κ1) is 23.7. The number of halogens is 3. The molecule has 0 unspecified atom stereocenters. The predicted octanol–water partition coefficient (Wildman–Crippen LogP) is 7.24. The highest BCUT2D eigenvalue weighted by molar-refractivity contribution is 9.10. The molecule has 0 spiro atoms. The van der Waals surface area contributed by atoms with Crippen LogP contribution in [0.5, 0.6) is 11.5 Å². The lowest BCUT2D eigenvalue weighted by Gasteiger charge is -2.14. The molecule has 1 heterocycles. The Labute approximate surface area is 213 Å². The molecular formula is C24H17BrCl2N2O3S. The van der Waals surface area contributed by atoms with Gasteiger partial charge in [0.2, 0.25) is 0 Å². The number of carbonyl (C=O) groups excluding carboxylic acids is 1. The van der Waals surface area contributed by atoms with Gasteiger partial charge < -0.3 is 14.8 Å². The number of amidine groups is 1. The Kier molecular flexibility index (Phi) is 7.65. The third-order valence-corrected chi connectivity index (χ3v) is 6.56. The van der Waals surface area contributed by atoms with Gasteiger partial charge in [0, 0.05) is 10.0 Å². The zero-order valence-electron chi connectivity index (χ0n) is 17.3. The van der Waals surface area contributed by atoms with Crippen molar-refractivity contribution in [3.63, 3.8) is 0 Å². The second-order valence-corrected chi connectivity index (χ2v) is 9.67. The first-order chi connectivity index (χ1) is 15.9. The largest absolute Gasteiger partial charge is 0.493 e. The van der Waals surface area contributed by atoms with E-state index in [0.717, 1.165) is 11.1 Å². The van der Waals surface area contributed by atoms with Crippen molar-refractivity contribution in [1.29, 1.82) is 0 Å². The second kappa shape index (κ2) is 10.7. The molecule has 0 radical (unpaired) electrons. The van der Waals surface area contributed by atoms with Crippen molar-refractivity contribution in [1.82, 2.24) is 5.32 Å². The van der Waals surface area contributed by atoms with Gasteiger partial charge in [-0.05, 0) is 93.4 Å². The van der Waals surface area contributed by atoms with E-state index in [-0.39, 0.29) is 5.91 Å². The maximum absolute atomic E-state index is 12.4. The molecule has 1 saturated heterocycles. The number of nitrogens with zero attached hydrogens (tertiary/aromatic N) is 1. The Bertz CT molecular complexity index is 1250. The molecule has 3 aromatic carbocycles. The van der Waals surface area contributed by atoms with Crippen molar-refractivity contribution in [3.8, 4) is 11.5 Å². The van der Waals surface area contributed by atoms with Crippen LogP contribution in [0.4, 0.5) is 5.69 Å². The lowest BCUT2D eigenvalue weighted by atomic mass is 10.2. The zero-order valence-corrected chi connectivity index (χ0v) is 21.2. The molecule has 0 atom stereocenters. The van der Waals surface area contributed by atoms with Crippen LogP contribution < -0.4 is 14.8 Å². The lowest BCUT2D eigenvalue weighted by molar-refractivity contribution is -0.115. The number of methoxy groups -OCH3 is 1. The Morgan fingerprint density at radius 1 is 1.06 bits per heavy atom. The van der Waals surface area contributed by atoms with E-state index in [4.69, 9.17) is 32.7 Å². The van der Waals surface area contributed by atoms with Gasteiger partial charge in [-0.3, -0.25) is 4.79 Å². The van der Waals surface area contributed by atoms with Crippen molar-refractivity contribution in [3.05, 3.63) is 91.2 Å². The van der Waals surface area contributed by atoms with E-state index in [1.807, 2.05) is 36.4 Å². The van der Waals surface area contributed by atoms with Crippen LogP contribution in [0.25, 0.3) is 6.08 Å². The fraction of sp³-hybridized carbons (Fsp3) is 0.0833. The summed E-state index contributed by atoms with van der Waals surface area (Å²) in [4.78, 5) is 17.4. The minimum atomic E-state index is -0.217. The standard InChI is InChI=1S/C24H17BrCl2N2O3S/c1-31-20-11-15(10-19(25)22(20)32-13-14-2-4-16(26)5-3-14)12-21-23(30)29-24(33-21)28-18-8-6-17(27)7-9-18/h2-12H,13H2,1H3,(H,28,29,30)/b21-12-. The second-order valence-electron chi connectivity index (χ2n) is 6.91. The highest BCUT2D eigenvalue weighted by atomic mass is 79.9. The molecule has 5 nitrogen and oxygen atoms in total. The van der Waals surface area contributed by atoms with E-state index in [2.05, 4.69) is 26.2 Å². The van der Waals surface area contributed by atoms with Gasteiger partial charge in [-0.1, -0.05) is 35.3 Å². The molecule has 9 heteroatoms. The fourth-order valence-corrected chi connectivity index (χ4v) is 4.63. The summed E-state index contributed by atoms with van der Waals surface area (Å²) in [6, 6.07) is 18.2. The third kappa shape index (κ3) is 6.12. The number of hydrogen-bond acceptors (Lipinski definition) is 5. The van der Waals surface area contributed by atoms with E-state index in [0.29, 0.717) is 48.4 Å². The molecule has 4 rings (SSSR count). The molecule has 0 aliphatic carbocycles. The van der Waals surface area contributed by atoms with Gasteiger partial charge in [-0.2, -0.15) is 0 Å². The van der Waals surface area contributed by atoms with Crippen LogP contribution in [-0.4, -0.2) is 18.2 Å². The smallest absolute Gasteiger partial charge is 0.264 e. The summed E-state index contributed by atoms with van der Waals surface area (Å²) in [6.07, 6.45) is 1.78. The molecule has 3 aromatic rings. The van der Waals surface area contributed by atoms with Gasteiger partial charge in [0.1, 0.15) is 6.61 Å². The fourth-order valence-electron chi connectivity index (χ4n) is 2.96. The summed E-state index contributed by atoms with van der Waals surface area (Å²) in [5, 5.41) is 4.58. The lowest BCUT2D eigenvalue weighted by Crippen LogP contribution is -2.19. The summed E-state index contributed by atoms with van der Waals surface area (Å²) < 4.78 is 12.2. The first-order valence-electron chi connectivity index (χ1n) is 9.71. The molecule has 0 aromatic heterocycles. The number of carbonyl (C=O) groups is 1. The third-order valence-electron chi connectivity index (χ3n) is 4.55. The minimum Gasteiger partial charge on any atom is -0.493 e. The number of benzene rings is 3. The number of amides is 1. The van der Waals surface area contributed by atoms with Crippen LogP contribution in [0.3, 0.4) is 0 Å². The summed E-state index contributed by atoms with van der Waals surface area (Å²) in [6.45, 7) is 0.356. The van der Waals surface area contributed by atoms with Gasteiger partial charge >= 0.3 is 0 Å². The van der Waals surface area contributed by atoms with Gasteiger partial charge in [-0.25, -0.2) is 4.99 Å². The topological polar surface area (TPSA) is 59.9 Å². The molecule has 1 fully saturated rings. The van der Waals surface area contributed by atoms with E-state index < -0.39 is 0 Å². The van der Waals surface area contributed by atoms with Crippen LogP contribution in [0.2, 0.25) is 10.0 Å². The van der Waals surface area contributed by atoms with Crippen LogP contribution in [-0.2, 0) is 11.4 Å². The van der Waals surface area contributed by atoms with Crippen LogP contribution in [0.1, 0.15) is 11.1 Å². The maximum Gasteiger partial charge on any atom is 0.264 e. The Balaban J connectivity index is 1.52. The highest BCUT2D eigenvalue weighted by Gasteiger charge is 2.24. The molecular weight excluding hydrogens is 547 g/mol. The van der Waals surface area contributed by atoms with Crippen molar-refractivity contribution >= 4 is 73.7 Å². The van der Waals surface area contributed by atoms with Gasteiger partial charge in [0.05, 0.1) is 22.2 Å². The molecule has 168 valence electrons. The molecule has 1 N–H and O–H groups in total. The molecule has 0 bridgehead atoms. The highest BCUT2D eigenvalue weighted by Crippen LogP contribution is 2.39. The summed E-state index contributed by atoms with van der Waals surface area (Å²) in [5.41, 5.74) is 2.46. The van der Waals surface area contributed by atoms with E-state index >= 15 is 0 Å². The Morgan fingerprint density at radius 2 is 1.73 bits per heavy atom. The number of thioether (sulfide) groups is 1. The molecule has 0 saturated carbocycles. The normalized spacial score (nSPS) is 15.7. The van der Waals surface area contributed by atoms with Crippen molar-refractivity contribution < 1.29 is 14.3 Å². The Morgan fingerprint density at radius 3 is 2.39 bits per heavy atom. The van der Waals surface area contributed by atoms with Crippen LogP contribution >= 0.6 is 50.9 Å². The molecule has 1 aliphatic heterocycles. The van der Waals surface area contributed by atoms with Gasteiger partial charge in [0.25, 0.3) is 5.91 Å². The number of hydrogen-bond donors (Lipinski definition) is 1. The number of nitrogens with one attached hydrogen (secondary N) is 1. The van der Waals surface area contributed by atoms with Crippen molar-refractivity contribution in [2.45, 2.75) is 6.61 Å². The average molecular weight is 564 g/mol. The van der Waals surface area contributed by atoms with Gasteiger partial charge in [0.15, 0.2) is 16.7 Å². The van der Waals surface area contributed by atoms with E-state index in [9.17, 15) is 4.79 Å². The predicted molar refractivity (Wildman–Crippen MR) is 139 cm³/mol. The maximum atomic E-state index is 12.4. The number of rotatable bonds is 6. The monoisotopic (exact) mass is 562 g/mol. The summed E-state index contributed by atoms with van der Waals surface area (Å²) in [7, 11) is 1.57. The average Bonchev–Trinajstić information content (AvgIpc) is 3.13. The molecule has 33 heavy (non-hydrogen) atoms. The quantitative estimate of drug-likeness (QED) is 0.321. The van der Waals surface area contributed by atoms with Crippen molar-refractivity contribution in [2.24, 2.45) is 4.99 Å². The Hall–Kier alpha value is -2.45. The summed E-state index contributed by atoms with van der Waals surface area (Å²) in [5.74, 6) is 0.901. The molecule has 1 aliphatic rings. The van der Waals surface area contributed by atoms with E-state index in [1.165, 1.54) is 11.8 Å². The first-order valence-corrected chi connectivity index (χ1v) is 12.1. The van der Waals surface area contributed by atoms with Gasteiger partial charge in [-0.15, -0.1) is 0 Å². The summed E-state index contributed by atoms with van der Waals surface area (Å²) >= 11 is 16.7. The number of aliphatic imine (C=N–C) groups is 1. The minimum absolute atomic E-state index is 0.217. The SMILES string of the molecule is COc1cc(/C=C2\SC(=Nc3ccc(Cl)cc3)NC2=O)cc(Br)c1OCc1ccc(Cl)cc1. The van der Waals surface area contributed by atoms with Crippen molar-refractivity contribution in [2.75, 3.05) is 7.11 Å². The number of ether oxygens (including phenoxy) is 2.